The van der Waals surface area contributed by atoms with E-state index in [4.69, 9.17) is 0 Å². The highest BCUT2D eigenvalue weighted by molar-refractivity contribution is 5.96. The Kier molecular flexibility index (Phi) is 8.64. The summed E-state index contributed by atoms with van der Waals surface area (Å²) in [4.78, 5) is 65.1. The van der Waals surface area contributed by atoms with Crippen LogP contribution >= 0.6 is 0 Å². The van der Waals surface area contributed by atoms with Gasteiger partial charge in [-0.05, 0) is 42.9 Å². The Morgan fingerprint density at radius 2 is 1.82 bits per heavy atom. The fourth-order valence-electron chi connectivity index (χ4n) is 5.00. The average Bonchev–Trinajstić information content (AvgIpc) is 3.28. The first-order chi connectivity index (χ1) is 17.5. The molecule has 14 heteroatoms. The van der Waals surface area contributed by atoms with Crippen molar-refractivity contribution in [2.24, 2.45) is 16.7 Å². The van der Waals surface area contributed by atoms with Crippen LogP contribution in [0.4, 0.5) is 18.0 Å². The number of carbonyl (C=O) groups excluding carboxylic acids is 5. The maximum atomic E-state index is 13.6. The minimum absolute atomic E-state index is 0.196. The highest BCUT2D eigenvalue weighted by atomic mass is 19.4. The second-order valence-electron chi connectivity index (χ2n) is 11.4. The minimum Gasteiger partial charge on any atom is -0.453 e. The predicted octanol–water partition coefficient (Wildman–Crippen LogP) is 1.25. The molecule has 2 heterocycles. The number of amides is 4. The molecule has 4 amide bonds. The zero-order valence-corrected chi connectivity index (χ0v) is 21.9. The number of ether oxygens (including phenoxy) is 2. The van der Waals surface area contributed by atoms with Crippen LogP contribution in [0, 0.1) is 16.7 Å². The summed E-state index contributed by atoms with van der Waals surface area (Å²) >= 11 is 0. The number of alkyl carbamates (subject to hydrolysis) is 1. The van der Waals surface area contributed by atoms with Crippen LogP contribution in [0.2, 0.25) is 0 Å². The van der Waals surface area contributed by atoms with E-state index in [1.165, 1.54) is 4.90 Å². The van der Waals surface area contributed by atoms with Crippen LogP contribution in [-0.2, 0) is 28.7 Å². The number of rotatable bonds is 9. The van der Waals surface area contributed by atoms with E-state index in [1.54, 1.807) is 20.8 Å². The van der Waals surface area contributed by atoms with Gasteiger partial charge in [-0.15, -0.1) is 13.2 Å². The Hall–Kier alpha value is -2.90. The molecule has 3 N–H and O–H groups in total. The zero-order valence-electron chi connectivity index (χ0n) is 21.9. The normalized spacial score (nSPS) is 24.0. The molecule has 0 aromatic carbocycles. The Morgan fingerprint density at radius 3 is 2.32 bits per heavy atom. The Labute approximate surface area is 218 Å². The molecule has 1 saturated carbocycles. The molecule has 38 heavy (non-hydrogen) atoms. The number of nitrogens with one attached hydrogen (secondary N) is 3. The van der Waals surface area contributed by atoms with Gasteiger partial charge < -0.3 is 25.6 Å². The van der Waals surface area contributed by atoms with Gasteiger partial charge in [0, 0.05) is 19.0 Å². The van der Waals surface area contributed by atoms with Crippen LogP contribution in [0.3, 0.4) is 0 Å². The van der Waals surface area contributed by atoms with E-state index in [1.807, 2.05) is 0 Å². The van der Waals surface area contributed by atoms with Crippen molar-refractivity contribution in [1.29, 1.82) is 0 Å². The second-order valence-corrected chi connectivity index (χ2v) is 11.4. The van der Waals surface area contributed by atoms with Crippen molar-refractivity contribution < 1.29 is 46.6 Å². The van der Waals surface area contributed by atoms with Gasteiger partial charge in [0.25, 0.3) is 0 Å². The summed E-state index contributed by atoms with van der Waals surface area (Å²) in [5.41, 5.74) is -1.01. The Morgan fingerprint density at radius 1 is 1.16 bits per heavy atom. The largest absolute Gasteiger partial charge is 0.522 e. The summed E-state index contributed by atoms with van der Waals surface area (Å²) in [6.07, 6.45) is -3.81. The maximum absolute atomic E-state index is 13.6. The number of hydrogen-bond donors (Lipinski definition) is 3. The summed E-state index contributed by atoms with van der Waals surface area (Å²) in [6, 6.07) is -3.46. The molecular weight excluding hydrogens is 513 g/mol. The number of likely N-dealkylation sites (tertiary alicyclic amines) is 1. The number of Topliss-reactive ketones (excluding diaryl/α,β-unsaturated/α-hetero) is 1. The van der Waals surface area contributed by atoms with E-state index in [0.717, 1.165) is 20.0 Å². The molecule has 0 aromatic rings. The number of halogens is 3. The summed E-state index contributed by atoms with van der Waals surface area (Å²) < 4.78 is 46.0. The van der Waals surface area contributed by atoms with Crippen LogP contribution < -0.4 is 16.0 Å². The van der Waals surface area contributed by atoms with Gasteiger partial charge in [-0.1, -0.05) is 20.8 Å². The van der Waals surface area contributed by atoms with Gasteiger partial charge >= 0.3 is 12.5 Å². The third-order valence-corrected chi connectivity index (χ3v) is 7.38. The van der Waals surface area contributed by atoms with Gasteiger partial charge in [0.15, 0.2) is 5.78 Å². The fourth-order valence-corrected chi connectivity index (χ4v) is 5.00. The number of ketones is 1. The molecule has 1 spiro atoms. The fraction of sp³-hybridized carbons (Fsp3) is 0.792. The molecule has 1 aliphatic carbocycles. The average molecular weight is 549 g/mol. The molecular formula is C24H35F3N4O7. The molecule has 3 rings (SSSR count). The number of methoxy groups -OCH3 is 1. The van der Waals surface area contributed by atoms with Gasteiger partial charge in [0.05, 0.1) is 13.2 Å². The molecule has 0 aromatic heterocycles. The lowest BCUT2D eigenvalue weighted by Crippen LogP contribution is -2.58. The van der Waals surface area contributed by atoms with Gasteiger partial charge in [0.2, 0.25) is 17.7 Å². The topological polar surface area (TPSA) is 143 Å². The first-order valence-corrected chi connectivity index (χ1v) is 12.5. The van der Waals surface area contributed by atoms with E-state index in [9.17, 15) is 37.1 Å². The standard InChI is InChI=1S/C24H35F3N4O7/c1-22(2,3)17(30-21(36)37-4)20(35)31-12-23(6-7-23)10-15(31)19(34)29-14(9-13-5-8-28-18(13)33)16(32)11-38-24(25,26)27/h13-15,17H,5-12H2,1-4H3,(H,28,33)(H,29,34)(H,30,36)/t13-,14-,15-,17?/m0/s1. The predicted molar refractivity (Wildman–Crippen MR) is 125 cm³/mol. The first kappa shape index (κ1) is 29.7. The smallest absolute Gasteiger partial charge is 0.453 e. The third-order valence-electron chi connectivity index (χ3n) is 7.38. The van der Waals surface area contributed by atoms with Crippen LogP contribution in [0.5, 0.6) is 0 Å². The Balaban J connectivity index is 1.80. The number of alkyl halides is 3. The lowest BCUT2D eigenvalue weighted by Gasteiger charge is -2.35. The molecule has 3 aliphatic rings. The Bertz CT molecular complexity index is 962. The SMILES string of the molecule is COC(=O)NC(C(=O)N1CC2(CC2)C[C@H]1C(=O)N[C@@H](C[C@@H]1CCNC1=O)C(=O)COC(F)(F)F)C(C)(C)C. The van der Waals surface area contributed by atoms with Crippen LogP contribution in [-0.4, -0.2) is 85.8 Å². The highest BCUT2D eigenvalue weighted by Gasteiger charge is 2.56. The van der Waals surface area contributed by atoms with E-state index < -0.39 is 66.1 Å². The van der Waals surface area contributed by atoms with Crippen LogP contribution in [0.25, 0.3) is 0 Å². The molecule has 1 unspecified atom stereocenters. The van der Waals surface area contributed by atoms with Crippen LogP contribution in [0.1, 0.15) is 52.9 Å². The monoisotopic (exact) mass is 548 g/mol. The van der Waals surface area contributed by atoms with Gasteiger partial charge in [-0.3, -0.25) is 23.9 Å². The number of hydrogen-bond acceptors (Lipinski definition) is 7. The summed E-state index contributed by atoms with van der Waals surface area (Å²) in [5, 5.41) is 7.62. The van der Waals surface area contributed by atoms with Gasteiger partial charge in [-0.25, -0.2) is 4.79 Å². The van der Waals surface area contributed by atoms with Gasteiger partial charge in [0.1, 0.15) is 18.7 Å². The molecule has 11 nitrogen and oxygen atoms in total. The minimum atomic E-state index is -5.05. The lowest BCUT2D eigenvalue weighted by molar-refractivity contribution is -0.321. The van der Waals surface area contributed by atoms with E-state index in [0.29, 0.717) is 19.4 Å². The molecule has 214 valence electrons. The molecule has 0 radical (unpaired) electrons. The molecule has 2 aliphatic heterocycles. The van der Waals surface area contributed by atoms with Crippen molar-refractivity contribution in [2.45, 2.75) is 77.4 Å². The van der Waals surface area contributed by atoms with Crippen molar-refractivity contribution in [3.8, 4) is 0 Å². The third kappa shape index (κ3) is 7.35. The van der Waals surface area contributed by atoms with E-state index in [2.05, 4.69) is 25.4 Å². The lowest BCUT2D eigenvalue weighted by atomic mass is 9.85. The second kappa shape index (κ2) is 11.1. The zero-order chi connectivity index (χ0) is 28.5. The molecule has 2 saturated heterocycles. The summed E-state index contributed by atoms with van der Waals surface area (Å²) in [5.74, 6) is -3.28. The molecule has 0 bridgehead atoms. The highest BCUT2D eigenvalue weighted by Crippen LogP contribution is 2.55. The number of nitrogens with zero attached hydrogens (tertiary/aromatic N) is 1. The van der Waals surface area contributed by atoms with Crippen molar-refractivity contribution in [3.05, 3.63) is 0 Å². The van der Waals surface area contributed by atoms with Crippen molar-refractivity contribution in [1.82, 2.24) is 20.9 Å². The summed E-state index contributed by atoms with van der Waals surface area (Å²) in [6.45, 7) is 4.52. The summed E-state index contributed by atoms with van der Waals surface area (Å²) in [7, 11) is 1.16. The molecule has 3 fully saturated rings. The van der Waals surface area contributed by atoms with Crippen molar-refractivity contribution >= 4 is 29.6 Å². The van der Waals surface area contributed by atoms with Gasteiger partial charge in [-0.2, -0.15) is 0 Å². The van der Waals surface area contributed by atoms with Crippen LogP contribution in [0.15, 0.2) is 0 Å². The maximum Gasteiger partial charge on any atom is 0.522 e. The molecule has 4 atom stereocenters. The van der Waals surface area contributed by atoms with Crippen molar-refractivity contribution in [3.63, 3.8) is 0 Å². The number of carbonyl (C=O) groups is 5. The van der Waals surface area contributed by atoms with E-state index >= 15 is 0 Å². The first-order valence-electron chi connectivity index (χ1n) is 12.5. The quantitative estimate of drug-likeness (QED) is 0.394. The van der Waals surface area contributed by atoms with Crippen molar-refractivity contribution in [2.75, 3.05) is 26.8 Å². The van der Waals surface area contributed by atoms with E-state index in [-0.39, 0.29) is 24.3 Å².